The standard InChI is InChI=1S/C19H27N5O.HI/c1-3-4-14-25-18-16(8-7-12-22-18)15-24-19(20-2)23-13-10-17-9-5-6-11-21-17;/h5-9,11-12H,3-4,10,13-15H2,1-2H3,(H2,20,23,24);1H. The van der Waals surface area contributed by atoms with Gasteiger partial charge < -0.3 is 15.4 Å². The molecule has 7 heteroatoms. The van der Waals surface area contributed by atoms with Gasteiger partial charge in [0.2, 0.25) is 5.88 Å². The van der Waals surface area contributed by atoms with E-state index in [0.29, 0.717) is 19.0 Å². The number of unbranched alkanes of at least 4 members (excludes halogenated alkanes) is 1. The number of ether oxygens (including phenoxy) is 1. The molecule has 2 aromatic heterocycles. The van der Waals surface area contributed by atoms with Gasteiger partial charge in [0.15, 0.2) is 5.96 Å². The Hall–Kier alpha value is -1.90. The predicted octanol–water partition coefficient (Wildman–Crippen LogP) is 3.18. The minimum atomic E-state index is 0. The van der Waals surface area contributed by atoms with E-state index in [9.17, 15) is 0 Å². The summed E-state index contributed by atoms with van der Waals surface area (Å²) in [6.07, 6.45) is 6.54. The van der Waals surface area contributed by atoms with Crippen LogP contribution in [0, 0.1) is 0 Å². The molecular formula is C19H28IN5O. The number of pyridine rings is 2. The molecule has 0 aliphatic heterocycles. The zero-order valence-corrected chi connectivity index (χ0v) is 17.8. The Balaban J connectivity index is 0.00000338. The van der Waals surface area contributed by atoms with Crippen molar-refractivity contribution in [3.8, 4) is 5.88 Å². The highest BCUT2D eigenvalue weighted by Crippen LogP contribution is 2.14. The van der Waals surface area contributed by atoms with E-state index < -0.39 is 0 Å². The van der Waals surface area contributed by atoms with Crippen LogP contribution in [0.5, 0.6) is 5.88 Å². The molecule has 0 bridgehead atoms. The van der Waals surface area contributed by atoms with Gasteiger partial charge in [-0.2, -0.15) is 0 Å². The molecule has 0 atom stereocenters. The van der Waals surface area contributed by atoms with Gasteiger partial charge >= 0.3 is 0 Å². The lowest BCUT2D eigenvalue weighted by atomic mass is 10.2. The molecule has 2 aromatic rings. The highest BCUT2D eigenvalue weighted by Gasteiger charge is 2.06. The second-order valence-corrected chi connectivity index (χ2v) is 5.59. The third-order valence-electron chi connectivity index (χ3n) is 3.66. The summed E-state index contributed by atoms with van der Waals surface area (Å²) in [6, 6.07) is 9.88. The SMILES string of the molecule is CCCCOc1ncccc1CNC(=NC)NCCc1ccccn1.I. The third kappa shape index (κ3) is 7.99. The van der Waals surface area contributed by atoms with Gasteiger partial charge in [0.25, 0.3) is 0 Å². The molecule has 0 aliphatic carbocycles. The summed E-state index contributed by atoms with van der Waals surface area (Å²) in [7, 11) is 1.76. The van der Waals surface area contributed by atoms with Gasteiger partial charge in [0, 0.05) is 50.2 Å². The van der Waals surface area contributed by atoms with Gasteiger partial charge in [0.1, 0.15) is 0 Å². The summed E-state index contributed by atoms with van der Waals surface area (Å²) >= 11 is 0. The molecule has 0 radical (unpaired) electrons. The fraction of sp³-hybridized carbons (Fsp3) is 0.421. The molecule has 0 saturated heterocycles. The van der Waals surface area contributed by atoms with Crippen LogP contribution in [0.2, 0.25) is 0 Å². The van der Waals surface area contributed by atoms with E-state index in [0.717, 1.165) is 43.0 Å². The molecule has 0 aromatic carbocycles. The van der Waals surface area contributed by atoms with Crippen molar-refractivity contribution < 1.29 is 4.74 Å². The Morgan fingerprint density at radius 3 is 2.69 bits per heavy atom. The molecule has 0 unspecified atom stereocenters. The van der Waals surface area contributed by atoms with Crippen LogP contribution in [0.25, 0.3) is 0 Å². The van der Waals surface area contributed by atoms with Crippen molar-refractivity contribution >= 4 is 29.9 Å². The average Bonchev–Trinajstić information content (AvgIpc) is 2.66. The van der Waals surface area contributed by atoms with Crippen molar-refractivity contribution in [1.82, 2.24) is 20.6 Å². The first-order valence-corrected chi connectivity index (χ1v) is 8.74. The van der Waals surface area contributed by atoms with Crippen LogP contribution < -0.4 is 15.4 Å². The minimum Gasteiger partial charge on any atom is -0.477 e. The average molecular weight is 469 g/mol. The van der Waals surface area contributed by atoms with Gasteiger partial charge in [-0.25, -0.2) is 4.98 Å². The van der Waals surface area contributed by atoms with E-state index in [1.54, 1.807) is 13.2 Å². The molecule has 142 valence electrons. The monoisotopic (exact) mass is 469 g/mol. The van der Waals surface area contributed by atoms with Gasteiger partial charge in [-0.15, -0.1) is 24.0 Å². The maximum Gasteiger partial charge on any atom is 0.218 e. The van der Waals surface area contributed by atoms with E-state index in [1.807, 2.05) is 36.5 Å². The normalized spacial score (nSPS) is 10.8. The summed E-state index contributed by atoms with van der Waals surface area (Å²) in [5.74, 6) is 1.44. The Morgan fingerprint density at radius 2 is 1.96 bits per heavy atom. The van der Waals surface area contributed by atoms with Gasteiger partial charge in [0.05, 0.1) is 6.61 Å². The molecule has 2 N–H and O–H groups in total. The number of hydrogen-bond acceptors (Lipinski definition) is 4. The van der Waals surface area contributed by atoms with Crippen LogP contribution in [0.3, 0.4) is 0 Å². The van der Waals surface area contributed by atoms with Crippen LogP contribution in [0.1, 0.15) is 31.0 Å². The minimum absolute atomic E-state index is 0. The van der Waals surface area contributed by atoms with E-state index in [2.05, 4.69) is 32.5 Å². The summed E-state index contributed by atoms with van der Waals surface area (Å²) in [5, 5.41) is 6.60. The second-order valence-electron chi connectivity index (χ2n) is 5.59. The topological polar surface area (TPSA) is 71.4 Å². The second kappa shape index (κ2) is 13.3. The number of guanidine groups is 1. The van der Waals surface area contributed by atoms with Gasteiger partial charge in [-0.1, -0.05) is 25.5 Å². The Bertz CT molecular complexity index is 651. The molecule has 2 heterocycles. The van der Waals surface area contributed by atoms with Gasteiger partial charge in [-0.05, 0) is 24.6 Å². The smallest absolute Gasteiger partial charge is 0.218 e. The van der Waals surface area contributed by atoms with Gasteiger partial charge in [-0.3, -0.25) is 9.98 Å². The van der Waals surface area contributed by atoms with E-state index >= 15 is 0 Å². The van der Waals surface area contributed by atoms with Crippen molar-refractivity contribution in [2.24, 2.45) is 4.99 Å². The quantitative estimate of drug-likeness (QED) is 0.256. The van der Waals surface area contributed by atoms with Crippen molar-refractivity contribution in [2.75, 3.05) is 20.2 Å². The van der Waals surface area contributed by atoms with Crippen LogP contribution in [0.4, 0.5) is 0 Å². The lowest BCUT2D eigenvalue weighted by Gasteiger charge is -2.14. The zero-order valence-electron chi connectivity index (χ0n) is 15.4. The summed E-state index contributed by atoms with van der Waals surface area (Å²) < 4.78 is 5.76. The fourth-order valence-corrected chi connectivity index (χ4v) is 2.26. The number of rotatable bonds is 9. The van der Waals surface area contributed by atoms with Crippen molar-refractivity contribution in [2.45, 2.75) is 32.7 Å². The first kappa shape index (κ1) is 22.1. The number of aliphatic imine (C=N–C) groups is 1. The van der Waals surface area contributed by atoms with Crippen LogP contribution >= 0.6 is 24.0 Å². The molecule has 0 fully saturated rings. The zero-order chi connectivity index (χ0) is 17.7. The molecule has 26 heavy (non-hydrogen) atoms. The largest absolute Gasteiger partial charge is 0.477 e. The predicted molar refractivity (Wildman–Crippen MR) is 116 cm³/mol. The first-order chi connectivity index (χ1) is 12.3. The van der Waals surface area contributed by atoms with Crippen molar-refractivity contribution in [1.29, 1.82) is 0 Å². The van der Waals surface area contributed by atoms with Crippen molar-refractivity contribution in [3.63, 3.8) is 0 Å². The number of nitrogens with zero attached hydrogens (tertiary/aromatic N) is 3. The Kier molecular flexibility index (Phi) is 11.3. The number of nitrogens with one attached hydrogen (secondary N) is 2. The molecule has 0 saturated carbocycles. The maximum absolute atomic E-state index is 5.76. The molecule has 6 nitrogen and oxygen atoms in total. The molecule has 0 amide bonds. The Morgan fingerprint density at radius 1 is 1.12 bits per heavy atom. The van der Waals surface area contributed by atoms with E-state index in [4.69, 9.17) is 4.74 Å². The fourth-order valence-electron chi connectivity index (χ4n) is 2.26. The number of hydrogen-bond donors (Lipinski definition) is 2. The van der Waals surface area contributed by atoms with Crippen LogP contribution in [-0.2, 0) is 13.0 Å². The third-order valence-corrected chi connectivity index (χ3v) is 3.66. The highest BCUT2D eigenvalue weighted by molar-refractivity contribution is 14.0. The van der Waals surface area contributed by atoms with E-state index in [-0.39, 0.29) is 24.0 Å². The van der Waals surface area contributed by atoms with Crippen molar-refractivity contribution in [3.05, 3.63) is 54.0 Å². The summed E-state index contributed by atoms with van der Waals surface area (Å²) in [5.41, 5.74) is 2.08. The molecule has 0 spiro atoms. The maximum atomic E-state index is 5.76. The first-order valence-electron chi connectivity index (χ1n) is 8.74. The number of halogens is 1. The molecule has 2 rings (SSSR count). The van der Waals surface area contributed by atoms with Crippen LogP contribution in [-0.4, -0.2) is 36.1 Å². The Labute approximate surface area is 172 Å². The summed E-state index contributed by atoms with van der Waals surface area (Å²) in [4.78, 5) is 12.9. The van der Waals surface area contributed by atoms with E-state index in [1.165, 1.54) is 0 Å². The van der Waals surface area contributed by atoms with Crippen LogP contribution in [0.15, 0.2) is 47.7 Å². The lowest BCUT2D eigenvalue weighted by molar-refractivity contribution is 0.294. The summed E-state index contributed by atoms with van der Waals surface area (Å²) in [6.45, 7) is 4.21. The lowest BCUT2D eigenvalue weighted by Crippen LogP contribution is -2.38. The molecule has 0 aliphatic rings. The highest BCUT2D eigenvalue weighted by atomic mass is 127. The molecular weight excluding hydrogens is 441 g/mol. The number of aromatic nitrogens is 2.